The second kappa shape index (κ2) is 6.03. The van der Waals surface area contributed by atoms with Crippen molar-refractivity contribution >= 4 is 5.84 Å². The van der Waals surface area contributed by atoms with Crippen molar-refractivity contribution in [1.82, 2.24) is 4.90 Å². The molecule has 0 aliphatic carbocycles. The second-order valence-electron chi connectivity index (χ2n) is 4.21. The molecule has 1 heterocycles. The number of nitro groups is 1. The van der Waals surface area contributed by atoms with Crippen LogP contribution in [-0.4, -0.2) is 55.1 Å². The highest BCUT2D eigenvalue weighted by Gasteiger charge is 2.52. The first-order chi connectivity index (χ1) is 8.39. The number of ether oxygens (including phenoxy) is 1. The minimum Gasteiger partial charge on any atom is -0.381 e. The first-order valence-electron chi connectivity index (χ1n) is 5.75. The van der Waals surface area contributed by atoms with Crippen molar-refractivity contribution < 1.29 is 18.4 Å². The molecule has 0 saturated carbocycles. The normalized spacial score (nSPS) is 21.1. The van der Waals surface area contributed by atoms with E-state index in [1.165, 1.54) is 7.05 Å². The quantitative estimate of drug-likeness (QED) is 0.246. The molecule has 18 heavy (non-hydrogen) atoms. The number of alkyl halides is 2. The molecular formula is C10H17F2N3O3. The van der Waals surface area contributed by atoms with Gasteiger partial charge >= 0.3 is 6.05 Å². The molecule has 0 aromatic carbocycles. The van der Waals surface area contributed by atoms with Crippen LogP contribution in [0.2, 0.25) is 0 Å². The number of likely N-dealkylation sites (N-methyl/N-ethyl adjacent to an activating group) is 1. The molecule has 0 aromatic rings. The van der Waals surface area contributed by atoms with Crippen LogP contribution in [0, 0.1) is 16.0 Å². The van der Waals surface area contributed by atoms with Crippen LogP contribution in [0.25, 0.3) is 0 Å². The maximum atomic E-state index is 13.4. The molecule has 1 rings (SSSR count). The van der Waals surface area contributed by atoms with Crippen molar-refractivity contribution in [2.24, 2.45) is 10.9 Å². The highest BCUT2D eigenvalue weighted by atomic mass is 19.3. The Morgan fingerprint density at radius 1 is 1.67 bits per heavy atom. The third-order valence-corrected chi connectivity index (χ3v) is 2.86. The van der Waals surface area contributed by atoms with Crippen molar-refractivity contribution in [3.63, 3.8) is 0 Å². The van der Waals surface area contributed by atoms with Crippen molar-refractivity contribution in [3.8, 4) is 0 Å². The molecule has 1 aliphatic rings. The lowest BCUT2D eigenvalue weighted by Crippen LogP contribution is -2.47. The molecule has 1 aliphatic heterocycles. The number of halogens is 2. The Morgan fingerprint density at radius 2 is 2.33 bits per heavy atom. The Kier molecular flexibility index (Phi) is 4.94. The van der Waals surface area contributed by atoms with Gasteiger partial charge < -0.3 is 9.64 Å². The van der Waals surface area contributed by atoms with E-state index in [4.69, 9.17) is 4.74 Å². The van der Waals surface area contributed by atoms with Crippen LogP contribution in [-0.2, 0) is 4.74 Å². The molecule has 1 fully saturated rings. The average Bonchev–Trinajstić information content (AvgIpc) is 2.81. The Morgan fingerprint density at radius 3 is 2.78 bits per heavy atom. The van der Waals surface area contributed by atoms with E-state index in [0.29, 0.717) is 13.2 Å². The molecule has 0 aromatic heterocycles. The molecule has 0 bridgehead atoms. The van der Waals surface area contributed by atoms with E-state index in [2.05, 4.69) is 4.99 Å². The molecule has 104 valence electrons. The fraction of sp³-hybridized carbons (Fsp3) is 0.900. The van der Waals surface area contributed by atoms with Crippen molar-refractivity contribution in [2.45, 2.75) is 19.4 Å². The van der Waals surface area contributed by atoms with Gasteiger partial charge in [0.1, 0.15) is 4.92 Å². The maximum absolute atomic E-state index is 13.4. The highest BCUT2D eigenvalue weighted by Crippen LogP contribution is 2.20. The monoisotopic (exact) mass is 265 g/mol. The lowest BCUT2D eigenvalue weighted by molar-refractivity contribution is -0.618. The summed E-state index contributed by atoms with van der Waals surface area (Å²) in [6.45, 7) is 3.04. The molecule has 1 saturated heterocycles. The molecule has 8 heteroatoms. The van der Waals surface area contributed by atoms with Crippen LogP contribution < -0.4 is 0 Å². The number of amidine groups is 1. The second-order valence-corrected chi connectivity index (χ2v) is 4.21. The van der Waals surface area contributed by atoms with Gasteiger partial charge in [-0.25, -0.2) is 0 Å². The molecule has 0 spiro atoms. The summed E-state index contributed by atoms with van der Waals surface area (Å²) in [6, 6.07) is -4.15. The number of nitrogens with zero attached hydrogens (tertiary/aromatic N) is 3. The van der Waals surface area contributed by atoms with E-state index in [-0.39, 0.29) is 19.0 Å². The summed E-state index contributed by atoms with van der Waals surface area (Å²) in [7, 11) is 1.36. The van der Waals surface area contributed by atoms with Crippen LogP contribution in [0.1, 0.15) is 13.3 Å². The summed E-state index contributed by atoms with van der Waals surface area (Å²) < 4.78 is 31.9. The maximum Gasteiger partial charge on any atom is 0.572 e. The smallest absolute Gasteiger partial charge is 0.381 e. The summed E-state index contributed by atoms with van der Waals surface area (Å²) >= 11 is 0. The van der Waals surface area contributed by atoms with E-state index in [0.717, 1.165) is 11.3 Å². The third-order valence-electron chi connectivity index (χ3n) is 2.86. The summed E-state index contributed by atoms with van der Waals surface area (Å²) in [5.41, 5.74) is 0. The summed E-state index contributed by atoms with van der Waals surface area (Å²) in [5.74, 6) is -0.727. The Labute approximate surface area is 104 Å². The zero-order valence-electron chi connectivity index (χ0n) is 10.4. The van der Waals surface area contributed by atoms with E-state index in [1.54, 1.807) is 6.92 Å². The van der Waals surface area contributed by atoms with Gasteiger partial charge in [-0.05, 0) is 13.3 Å². The average molecular weight is 265 g/mol. The number of hydrogen-bond acceptors (Lipinski definition) is 4. The fourth-order valence-electron chi connectivity index (χ4n) is 1.62. The van der Waals surface area contributed by atoms with Crippen molar-refractivity contribution in [3.05, 3.63) is 10.1 Å². The Hall–Kier alpha value is -1.31. The lowest BCUT2D eigenvalue weighted by atomic mass is 10.1. The van der Waals surface area contributed by atoms with Crippen LogP contribution in [0.3, 0.4) is 0 Å². The van der Waals surface area contributed by atoms with E-state index in [1.807, 2.05) is 0 Å². The van der Waals surface area contributed by atoms with Gasteiger partial charge in [0.15, 0.2) is 0 Å². The molecule has 6 nitrogen and oxygen atoms in total. The summed E-state index contributed by atoms with van der Waals surface area (Å²) in [4.78, 5) is 13.6. The molecule has 0 radical (unpaired) electrons. The van der Waals surface area contributed by atoms with Crippen LogP contribution >= 0.6 is 0 Å². The van der Waals surface area contributed by atoms with Crippen LogP contribution in [0.15, 0.2) is 4.99 Å². The summed E-state index contributed by atoms with van der Waals surface area (Å²) in [6.07, 6.45) is 0.747. The predicted molar refractivity (Wildman–Crippen MR) is 61.5 cm³/mol. The SMILES string of the molecule is CCN(C)C(=NCC1CCOC1)C(F)(F)[N+](=O)[O-]. The first-order valence-corrected chi connectivity index (χ1v) is 5.75. The Balaban J connectivity index is 2.83. The molecule has 1 unspecified atom stereocenters. The standard InChI is InChI=1S/C10H17F2N3O3/c1-3-14(2)9(10(11,12)15(16)17)13-6-8-4-5-18-7-8/h8H,3-7H2,1-2H3. The minimum atomic E-state index is -4.15. The molecule has 0 amide bonds. The fourth-order valence-corrected chi connectivity index (χ4v) is 1.62. The third kappa shape index (κ3) is 3.34. The van der Waals surface area contributed by atoms with Gasteiger partial charge in [-0.1, -0.05) is 0 Å². The number of hydrogen-bond donors (Lipinski definition) is 0. The lowest BCUT2D eigenvalue weighted by Gasteiger charge is -2.21. The summed E-state index contributed by atoms with van der Waals surface area (Å²) in [5, 5.41) is 10.4. The zero-order chi connectivity index (χ0) is 13.8. The van der Waals surface area contributed by atoms with E-state index in [9.17, 15) is 18.9 Å². The van der Waals surface area contributed by atoms with Gasteiger partial charge in [-0.3, -0.25) is 15.1 Å². The van der Waals surface area contributed by atoms with Gasteiger partial charge in [0.25, 0.3) is 5.84 Å². The minimum absolute atomic E-state index is 0.0628. The van der Waals surface area contributed by atoms with Crippen molar-refractivity contribution in [1.29, 1.82) is 0 Å². The van der Waals surface area contributed by atoms with Crippen LogP contribution in [0.5, 0.6) is 0 Å². The molecular weight excluding hydrogens is 248 g/mol. The topological polar surface area (TPSA) is 68.0 Å². The van der Waals surface area contributed by atoms with Crippen LogP contribution in [0.4, 0.5) is 8.78 Å². The zero-order valence-corrected chi connectivity index (χ0v) is 10.4. The highest BCUT2D eigenvalue weighted by molar-refractivity contribution is 5.87. The van der Waals surface area contributed by atoms with Gasteiger partial charge in [0, 0.05) is 32.7 Å². The largest absolute Gasteiger partial charge is 0.572 e. The van der Waals surface area contributed by atoms with E-state index >= 15 is 0 Å². The first kappa shape index (κ1) is 14.7. The predicted octanol–water partition coefficient (Wildman–Crippen LogP) is 1.24. The van der Waals surface area contributed by atoms with Crippen molar-refractivity contribution in [2.75, 3.05) is 33.4 Å². The molecule has 0 N–H and O–H groups in total. The van der Waals surface area contributed by atoms with Gasteiger partial charge in [-0.15, -0.1) is 8.78 Å². The number of aliphatic imine (C=N–C) groups is 1. The van der Waals surface area contributed by atoms with E-state index < -0.39 is 16.8 Å². The number of rotatable bonds is 5. The van der Waals surface area contributed by atoms with Gasteiger partial charge in [0.2, 0.25) is 0 Å². The Bertz CT molecular complexity index is 330. The van der Waals surface area contributed by atoms with Gasteiger partial charge in [0.05, 0.1) is 6.61 Å². The molecule has 1 atom stereocenters. The van der Waals surface area contributed by atoms with Gasteiger partial charge in [-0.2, -0.15) is 0 Å².